The molecular weight excluding hydrogens is 564 g/mol. The van der Waals surface area contributed by atoms with E-state index < -0.39 is 54.0 Å². The fourth-order valence-electron chi connectivity index (χ4n) is 5.25. The molecule has 0 aliphatic heterocycles. The number of alkyl carbamates (subject to hydrolysis) is 1. The maximum absolute atomic E-state index is 13.1. The number of ether oxygens (including phenoxy) is 1. The van der Waals surface area contributed by atoms with Crippen LogP contribution in [0.25, 0.3) is 11.1 Å². The van der Waals surface area contributed by atoms with Gasteiger partial charge in [0.25, 0.3) is 0 Å². The minimum atomic E-state index is -1.16. The zero-order valence-corrected chi connectivity index (χ0v) is 26.2. The number of carbonyl (C=O) groups is 5. The number of amides is 4. The lowest BCUT2D eigenvalue weighted by Crippen LogP contribution is -2.57. The first-order chi connectivity index (χ1) is 20.8. The predicted octanol–water partition coefficient (Wildman–Crippen LogP) is 3.56. The van der Waals surface area contributed by atoms with Gasteiger partial charge in [-0.1, -0.05) is 76.2 Å². The van der Waals surface area contributed by atoms with Crippen molar-refractivity contribution in [3.8, 4) is 11.1 Å². The smallest absolute Gasteiger partial charge is 0.407 e. The van der Waals surface area contributed by atoms with Gasteiger partial charge in [0.05, 0.1) is 0 Å². The van der Waals surface area contributed by atoms with Gasteiger partial charge >= 0.3 is 12.1 Å². The molecule has 4 atom stereocenters. The van der Waals surface area contributed by atoms with E-state index in [4.69, 9.17) is 4.74 Å². The molecule has 0 saturated heterocycles. The Bertz CT molecular complexity index is 1310. The summed E-state index contributed by atoms with van der Waals surface area (Å²) in [5.74, 6) is -3.08. The van der Waals surface area contributed by atoms with Crippen LogP contribution in [0.3, 0.4) is 0 Å². The second-order valence-corrected chi connectivity index (χ2v) is 12.1. The normalized spacial score (nSPS) is 14.9. The Hall–Kier alpha value is -4.41. The quantitative estimate of drug-likeness (QED) is 0.219. The van der Waals surface area contributed by atoms with Gasteiger partial charge in [-0.05, 0) is 60.8 Å². The minimum Gasteiger partial charge on any atom is -0.480 e. The molecule has 238 valence electrons. The number of benzene rings is 2. The molecule has 2 aromatic rings. The van der Waals surface area contributed by atoms with Crippen molar-refractivity contribution in [3.05, 3.63) is 59.7 Å². The molecule has 5 N–H and O–H groups in total. The second kappa shape index (κ2) is 15.4. The third-order valence-electron chi connectivity index (χ3n) is 7.49. The summed E-state index contributed by atoms with van der Waals surface area (Å²) in [6, 6.07) is 11.8. The Kier molecular flexibility index (Phi) is 11.9. The van der Waals surface area contributed by atoms with Gasteiger partial charge in [0.15, 0.2) is 0 Å². The van der Waals surface area contributed by atoms with Gasteiger partial charge in [0.1, 0.15) is 30.8 Å². The van der Waals surface area contributed by atoms with E-state index in [1.807, 2.05) is 76.2 Å². The van der Waals surface area contributed by atoms with Crippen molar-refractivity contribution >= 4 is 29.8 Å². The van der Waals surface area contributed by atoms with Crippen LogP contribution in [0.15, 0.2) is 48.5 Å². The van der Waals surface area contributed by atoms with Gasteiger partial charge in [-0.25, -0.2) is 9.59 Å². The average Bonchev–Trinajstić information content (AvgIpc) is 3.28. The number of fused-ring (bicyclic) bond motifs is 3. The molecule has 44 heavy (non-hydrogen) atoms. The molecule has 11 heteroatoms. The van der Waals surface area contributed by atoms with Crippen LogP contribution in [0.4, 0.5) is 4.79 Å². The Morgan fingerprint density at radius 1 is 0.659 bits per heavy atom. The number of carboxylic acid groups (broad SMARTS) is 1. The molecule has 4 amide bonds. The Morgan fingerprint density at radius 2 is 1.11 bits per heavy atom. The van der Waals surface area contributed by atoms with Gasteiger partial charge in [0.2, 0.25) is 17.7 Å². The predicted molar refractivity (Wildman–Crippen MR) is 166 cm³/mol. The first-order valence-corrected chi connectivity index (χ1v) is 15.0. The van der Waals surface area contributed by atoms with Crippen LogP contribution in [-0.2, 0) is 23.9 Å². The lowest BCUT2D eigenvalue weighted by atomic mass is 9.98. The van der Waals surface area contributed by atoms with Crippen LogP contribution >= 0.6 is 0 Å². The summed E-state index contributed by atoms with van der Waals surface area (Å²) < 4.78 is 5.53. The molecule has 0 aromatic heterocycles. The Balaban J connectivity index is 1.55. The summed E-state index contributed by atoms with van der Waals surface area (Å²) in [6.45, 7) is 10.5. The zero-order valence-electron chi connectivity index (χ0n) is 26.2. The third-order valence-corrected chi connectivity index (χ3v) is 7.49. The van der Waals surface area contributed by atoms with E-state index in [1.165, 1.54) is 13.8 Å². The lowest BCUT2D eigenvalue weighted by Gasteiger charge is -2.25. The molecule has 0 unspecified atom stereocenters. The van der Waals surface area contributed by atoms with Crippen LogP contribution in [0.2, 0.25) is 0 Å². The van der Waals surface area contributed by atoms with E-state index in [1.54, 1.807) is 0 Å². The molecule has 3 rings (SSSR count). The highest BCUT2D eigenvalue weighted by molar-refractivity contribution is 5.94. The van der Waals surface area contributed by atoms with Gasteiger partial charge in [-0.3, -0.25) is 14.4 Å². The number of carboxylic acids is 1. The molecule has 0 spiro atoms. The van der Waals surface area contributed by atoms with Gasteiger partial charge in [0, 0.05) is 5.92 Å². The van der Waals surface area contributed by atoms with Crippen LogP contribution < -0.4 is 21.3 Å². The van der Waals surface area contributed by atoms with Gasteiger partial charge in [-0.2, -0.15) is 0 Å². The monoisotopic (exact) mass is 608 g/mol. The number of hydrogen-bond donors (Lipinski definition) is 5. The first-order valence-electron chi connectivity index (χ1n) is 15.0. The maximum atomic E-state index is 13.1. The highest BCUT2D eigenvalue weighted by atomic mass is 16.5. The Morgan fingerprint density at radius 3 is 1.61 bits per heavy atom. The lowest BCUT2D eigenvalue weighted by molar-refractivity contribution is -0.142. The molecule has 0 bridgehead atoms. The van der Waals surface area contributed by atoms with Gasteiger partial charge in [-0.15, -0.1) is 0 Å². The summed E-state index contributed by atoms with van der Waals surface area (Å²) in [7, 11) is 0. The molecule has 11 nitrogen and oxygen atoms in total. The van der Waals surface area contributed by atoms with E-state index >= 15 is 0 Å². The molecular formula is C33H44N4O7. The summed E-state index contributed by atoms with van der Waals surface area (Å²) in [5.41, 5.74) is 4.33. The number of hydrogen-bond acceptors (Lipinski definition) is 6. The van der Waals surface area contributed by atoms with Crippen molar-refractivity contribution in [2.75, 3.05) is 6.61 Å². The number of nitrogens with one attached hydrogen (secondary N) is 4. The average molecular weight is 609 g/mol. The standard InChI is InChI=1S/C33H44N4O7/c1-18(2)15-27(31(40)34-20(5)29(38)37-28(32(41)42)16-19(3)4)36-30(39)21(6)35-33(43)44-17-26-24-13-9-7-11-22(24)23-12-8-10-14-25(23)26/h7-14,18-21,26-28H,15-17H2,1-6H3,(H,34,40)(H,35,43)(H,36,39)(H,37,38)(H,41,42)/t20-,21-,27-,28-/m0/s1. The highest BCUT2D eigenvalue weighted by Crippen LogP contribution is 2.44. The van der Waals surface area contributed by atoms with Crippen molar-refractivity contribution < 1.29 is 33.8 Å². The van der Waals surface area contributed by atoms with Crippen molar-refractivity contribution in [1.82, 2.24) is 21.3 Å². The number of aliphatic carboxylic acids is 1. The van der Waals surface area contributed by atoms with Crippen molar-refractivity contribution in [2.45, 2.75) is 84.5 Å². The maximum Gasteiger partial charge on any atom is 0.407 e. The van der Waals surface area contributed by atoms with E-state index in [9.17, 15) is 29.1 Å². The molecule has 0 saturated carbocycles. The topological polar surface area (TPSA) is 163 Å². The fraction of sp³-hybridized carbons (Fsp3) is 0.485. The summed E-state index contributed by atoms with van der Waals surface area (Å²) in [6.07, 6.45) is -0.254. The van der Waals surface area contributed by atoms with Crippen LogP contribution in [0, 0.1) is 11.8 Å². The van der Waals surface area contributed by atoms with E-state index in [-0.39, 0.29) is 37.2 Å². The molecule has 0 radical (unpaired) electrons. The van der Waals surface area contributed by atoms with Crippen molar-refractivity contribution in [3.63, 3.8) is 0 Å². The van der Waals surface area contributed by atoms with Crippen molar-refractivity contribution in [1.29, 1.82) is 0 Å². The van der Waals surface area contributed by atoms with E-state index in [0.29, 0.717) is 0 Å². The molecule has 0 fully saturated rings. The molecule has 2 aromatic carbocycles. The second-order valence-electron chi connectivity index (χ2n) is 12.1. The molecule has 0 heterocycles. The summed E-state index contributed by atoms with van der Waals surface area (Å²) in [4.78, 5) is 62.9. The van der Waals surface area contributed by atoms with Gasteiger partial charge < -0.3 is 31.1 Å². The van der Waals surface area contributed by atoms with Crippen LogP contribution in [0.5, 0.6) is 0 Å². The van der Waals surface area contributed by atoms with E-state index in [2.05, 4.69) is 21.3 Å². The van der Waals surface area contributed by atoms with Crippen LogP contribution in [0.1, 0.15) is 71.4 Å². The summed E-state index contributed by atoms with van der Waals surface area (Å²) >= 11 is 0. The third kappa shape index (κ3) is 9.05. The number of carbonyl (C=O) groups excluding carboxylic acids is 4. The first kappa shape index (κ1) is 34.1. The molecule has 1 aliphatic carbocycles. The molecule has 1 aliphatic rings. The largest absolute Gasteiger partial charge is 0.480 e. The fourth-order valence-corrected chi connectivity index (χ4v) is 5.25. The highest BCUT2D eigenvalue weighted by Gasteiger charge is 2.31. The minimum absolute atomic E-state index is 0.0167. The summed E-state index contributed by atoms with van der Waals surface area (Å²) in [5, 5.41) is 19.6. The zero-order chi connectivity index (χ0) is 32.6. The Labute approximate surface area is 258 Å². The number of rotatable bonds is 14. The van der Waals surface area contributed by atoms with E-state index in [0.717, 1.165) is 22.3 Å². The van der Waals surface area contributed by atoms with Crippen LogP contribution in [-0.4, -0.2) is 65.7 Å². The SMILES string of the molecule is CC(C)C[C@H](NC(=O)[C@H](C)NC(=O)[C@H](CC(C)C)NC(=O)[C@H](C)NC(=O)OCC1c2ccccc2-c2ccccc21)C(=O)O. The van der Waals surface area contributed by atoms with Crippen molar-refractivity contribution in [2.24, 2.45) is 11.8 Å².